The lowest BCUT2D eigenvalue weighted by Crippen LogP contribution is -2.51. The van der Waals surface area contributed by atoms with Gasteiger partial charge >= 0.3 is 0 Å². The molecular weight excluding hydrogens is 294 g/mol. The number of rotatable bonds is 5. The third-order valence-corrected chi connectivity index (χ3v) is 4.44. The van der Waals surface area contributed by atoms with E-state index in [1.165, 1.54) is 6.07 Å². The summed E-state index contributed by atoms with van der Waals surface area (Å²) in [6.45, 7) is 7.00. The van der Waals surface area contributed by atoms with Gasteiger partial charge in [0.2, 0.25) is 5.91 Å². The first kappa shape index (κ1) is 17.4. The summed E-state index contributed by atoms with van der Waals surface area (Å²) < 4.78 is 26.0. The van der Waals surface area contributed by atoms with Gasteiger partial charge in [-0.15, -0.1) is 11.8 Å². The van der Waals surface area contributed by atoms with Crippen LogP contribution in [0.25, 0.3) is 0 Å². The number of hydrogen-bond donors (Lipinski definition) is 1. The van der Waals surface area contributed by atoms with E-state index < -0.39 is 22.4 Å². The number of nitrogens with one attached hydrogen (secondary N) is 1. The van der Waals surface area contributed by atoms with Crippen LogP contribution in [0.15, 0.2) is 23.1 Å². The maximum absolute atomic E-state index is 13.1. The van der Waals surface area contributed by atoms with Crippen molar-refractivity contribution in [2.75, 3.05) is 0 Å². The zero-order chi connectivity index (χ0) is 16.2. The Morgan fingerprint density at radius 1 is 1.33 bits per heavy atom. The van der Waals surface area contributed by atoms with Gasteiger partial charge in [-0.05, 0) is 38.0 Å². The van der Waals surface area contributed by atoms with Crippen molar-refractivity contribution in [1.29, 1.82) is 5.26 Å². The Morgan fingerprint density at radius 2 is 1.95 bits per heavy atom. The van der Waals surface area contributed by atoms with Crippen molar-refractivity contribution in [2.24, 2.45) is 5.92 Å². The molecule has 1 aromatic carbocycles. The van der Waals surface area contributed by atoms with Crippen LogP contribution in [0.1, 0.15) is 27.7 Å². The Kier molecular flexibility index (Phi) is 5.73. The topological polar surface area (TPSA) is 52.9 Å². The van der Waals surface area contributed by atoms with Crippen molar-refractivity contribution >= 4 is 17.7 Å². The number of halogens is 2. The Balaban J connectivity index is 2.75. The molecular formula is C15H18F2N2OS. The molecule has 1 amide bonds. The fourth-order valence-electron chi connectivity index (χ4n) is 1.47. The molecule has 0 aliphatic heterocycles. The Morgan fingerprint density at radius 3 is 2.43 bits per heavy atom. The van der Waals surface area contributed by atoms with Crippen LogP contribution in [0.5, 0.6) is 0 Å². The molecule has 0 aliphatic rings. The molecule has 0 heterocycles. The van der Waals surface area contributed by atoms with E-state index in [1.54, 1.807) is 13.8 Å². The molecule has 0 saturated heterocycles. The second-order valence-corrected chi connectivity index (χ2v) is 6.71. The van der Waals surface area contributed by atoms with Crippen LogP contribution < -0.4 is 5.32 Å². The smallest absolute Gasteiger partial charge is 0.234 e. The molecule has 0 saturated carbocycles. The maximum atomic E-state index is 13.1. The van der Waals surface area contributed by atoms with Crippen LogP contribution in [0.4, 0.5) is 8.78 Å². The summed E-state index contributed by atoms with van der Waals surface area (Å²) in [5.74, 6) is -2.24. The highest BCUT2D eigenvalue weighted by atomic mass is 32.2. The van der Waals surface area contributed by atoms with Crippen LogP contribution in [-0.2, 0) is 4.79 Å². The Labute approximate surface area is 127 Å². The second kappa shape index (κ2) is 6.90. The van der Waals surface area contributed by atoms with E-state index in [4.69, 9.17) is 0 Å². The van der Waals surface area contributed by atoms with Crippen molar-refractivity contribution in [3.63, 3.8) is 0 Å². The molecule has 0 aromatic heterocycles. The lowest BCUT2D eigenvalue weighted by molar-refractivity contribution is -0.121. The highest BCUT2D eigenvalue weighted by molar-refractivity contribution is 8.00. The average molecular weight is 312 g/mol. The van der Waals surface area contributed by atoms with Crippen LogP contribution in [0.3, 0.4) is 0 Å². The Hall–Kier alpha value is -1.61. The number of nitriles is 1. The van der Waals surface area contributed by atoms with Crippen molar-refractivity contribution in [3.8, 4) is 6.07 Å². The van der Waals surface area contributed by atoms with E-state index in [0.717, 1.165) is 23.9 Å². The molecule has 3 nitrogen and oxygen atoms in total. The molecule has 1 rings (SSSR count). The van der Waals surface area contributed by atoms with Crippen LogP contribution in [-0.4, -0.2) is 16.7 Å². The first-order chi connectivity index (χ1) is 9.69. The number of amides is 1. The molecule has 0 radical (unpaired) electrons. The van der Waals surface area contributed by atoms with Gasteiger partial charge in [0, 0.05) is 4.90 Å². The minimum absolute atomic E-state index is 0.0492. The number of benzene rings is 1. The fraction of sp³-hybridized carbons (Fsp3) is 0.467. The van der Waals surface area contributed by atoms with Gasteiger partial charge in [-0.2, -0.15) is 5.26 Å². The summed E-state index contributed by atoms with van der Waals surface area (Å²) in [5.41, 5.74) is -0.958. The van der Waals surface area contributed by atoms with E-state index in [2.05, 4.69) is 11.4 Å². The SMILES string of the molecule is CC(C)[C@@](C)(C#N)NC(=O)[C@@H](C)Sc1ccc(F)c(F)c1. The molecule has 0 unspecified atom stereocenters. The van der Waals surface area contributed by atoms with Crippen molar-refractivity contribution in [1.82, 2.24) is 5.32 Å². The quantitative estimate of drug-likeness (QED) is 0.847. The molecule has 0 bridgehead atoms. The standard InChI is InChI=1S/C15H18F2N2OS/c1-9(2)15(4,8-18)19-14(20)10(3)21-11-5-6-12(16)13(17)7-11/h5-7,9-10H,1-4H3,(H,19,20)/t10-,15-/m1/s1. The average Bonchev–Trinajstić information content (AvgIpc) is 2.42. The number of hydrogen-bond acceptors (Lipinski definition) is 3. The molecule has 114 valence electrons. The summed E-state index contributed by atoms with van der Waals surface area (Å²) in [6, 6.07) is 5.58. The molecule has 0 aliphatic carbocycles. The van der Waals surface area contributed by atoms with Gasteiger partial charge in [0.15, 0.2) is 11.6 Å². The predicted octanol–water partition coefficient (Wildman–Crippen LogP) is 3.50. The summed E-state index contributed by atoms with van der Waals surface area (Å²) in [5, 5.41) is 11.4. The fourth-order valence-corrected chi connectivity index (χ4v) is 2.36. The van der Waals surface area contributed by atoms with E-state index >= 15 is 0 Å². The van der Waals surface area contributed by atoms with Crippen molar-refractivity contribution in [2.45, 2.75) is 43.4 Å². The van der Waals surface area contributed by atoms with Gasteiger partial charge in [-0.3, -0.25) is 4.79 Å². The lowest BCUT2D eigenvalue weighted by Gasteiger charge is -2.28. The normalized spacial score (nSPS) is 15.1. The summed E-state index contributed by atoms with van der Waals surface area (Å²) in [4.78, 5) is 12.6. The second-order valence-electron chi connectivity index (χ2n) is 5.29. The van der Waals surface area contributed by atoms with Gasteiger partial charge in [0.1, 0.15) is 5.54 Å². The minimum atomic E-state index is -0.958. The van der Waals surface area contributed by atoms with Crippen LogP contribution in [0, 0.1) is 28.9 Å². The van der Waals surface area contributed by atoms with Crippen molar-refractivity contribution in [3.05, 3.63) is 29.8 Å². The lowest BCUT2D eigenvalue weighted by atomic mass is 9.90. The van der Waals surface area contributed by atoms with Crippen LogP contribution >= 0.6 is 11.8 Å². The Bertz CT molecular complexity index is 571. The number of thioether (sulfide) groups is 1. The largest absolute Gasteiger partial charge is 0.337 e. The van der Waals surface area contributed by atoms with Crippen LogP contribution in [0.2, 0.25) is 0 Å². The van der Waals surface area contributed by atoms with E-state index in [0.29, 0.717) is 4.90 Å². The summed E-state index contributed by atoms with van der Waals surface area (Å²) in [7, 11) is 0. The number of nitrogens with zero attached hydrogens (tertiary/aromatic N) is 1. The minimum Gasteiger partial charge on any atom is -0.337 e. The van der Waals surface area contributed by atoms with Crippen molar-refractivity contribution < 1.29 is 13.6 Å². The molecule has 0 fully saturated rings. The maximum Gasteiger partial charge on any atom is 0.234 e. The van der Waals surface area contributed by atoms with E-state index in [9.17, 15) is 18.8 Å². The first-order valence-corrected chi connectivity index (χ1v) is 7.42. The van der Waals surface area contributed by atoms with Gasteiger partial charge in [-0.25, -0.2) is 8.78 Å². The van der Waals surface area contributed by atoms with E-state index in [1.807, 2.05) is 13.8 Å². The zero-order valence-corrected chi connectivity index (χ0v) is 13.2. The first-order valence-electron chi connectivity index (χ1n) is 6.54. The molecule has 0 spiro atoms. The molecule has 21 heavy (non-hydrogen) atoms. The highest BCUT2D eigenvalue weighted by Gasteiger charge is 2.31. The van der Waals surface area contributed by atoms with Gasteiger partial charge in [0.05, 0.1) is 11.3 Å². The summed E-state index contributed by atoms with van der Waals surface area (Å²) in [6.07, 6.45) is 0. The summed E-state index contributed by atoms with van der Waals surface area (Å²) >= 11 is 1.11. The predicted molar refractivity (Wildman–Crippen MR) is 78.7 cm³/mol. The highest BCUT2D eigenvalue weighted by Crippen LogP contribution is 2.26. The third-order valence-electron chi connectivity index (χ3n) is 3.34. The zero-order valence-electron chi connectivity index (χ0n) is 12.4. The third kappa shape index (κ3) is 4.43. The molecule has 2 atom stereocenters. The number of carbonyl (C=O) groups is 1. The number of carbonyl (C=O) groups excluding carboxylic acids is 1. The molecule has 6 heteroatoms. The van der Waals surface area contributed by atoms with Gasteiger partial charge in [0.25, 0.3) is 0 Å². The van der Waals surface area contributed by atoms with Gasteiger partial charge < -0.3 is 5.32 Å². The molecule has 1 N–H and O–H groups in total. The monoisotopic (exact) mass is 312 g/mol. The van der Waals surface area contributed by atoms with E-state index in [-0.39, 0.29) is 11.8 Å². The molecule has 1 aromatic rings. The van der Waals surface area contributed by atoms with Gasteiger partial charge in [-0.1, -0.05) is 13.8 Å².